The van der Waals surface area contributed by atoms with Gasteiger partial charge >= 0.3 is 24.4 Å². The summed E-state index contributed by atoms with van der Waals surface area (Å²) in [5.74, 6) is -2.86. The standard InChI is InChI=1S/C27H23F6NO3.C7H6N4O/c1-34(25(37)19-14-20(26(28,29)30)16-21(15-19)27(31,32)33)22(12-13-23(35)36)24(17-8-4-2-5-9-17)18-10-6-3-7-11-18;8-7(12)11-6-4-2-1-3-5(6)9-10-11/h2-11,14-16,22,24H,12-13H2,1H3,(H,35,36);1-4H,(H2,8,12). The first kappa shape index (κ1) is 36.1. The van der Waals surface area contributed by atoms with Crippen LogP contribution < -0.4 is 5.73 Å². The molecule has 5 rings (SSSR count). The summed E-state index contributed by atoms with van der Waals surface area (Å²) < 4.78 is 81.4. The zero-order chi connectivity index (χ0) is 35.9. The Morgan fingerprint density at radius 1 is 0.796 bits per heavy atom. The molecule has 4 aromatic carbocycles. The van der Waals surface area contributed by atoms with Gasteiger partial charge in [-0.05, 0) is 47.9 Å². The molecule has 1 heterocycles. The van der Waals surface area contributed by atoms with E-state index in [1.807, 2.05) is 6.07 Å². The van der Waals surface area contributed by atoms with Crippen LogP contribution in [0.5, 0.6) is 0 Å². The molecule has 0 saturated heterocycles. The molecule has 0 aliphatic rings. The number of halogens is 6. The number of amides is 2. The molecule has 1 atom stereocenters. The Morgan fingerprint density at radius 2 is 1.29 bits per heavy atom. The van der Waals surface area contributed by atoms with E-state index in [0.717, 1.165) is 9.58 Å². The third kappa shape index (κ3) is 9.00. The van der Waals surface area contributed by atoms with Crippen molar-refractivity contribution in [2.24, 2.45) is 5.73 Å². The minimum atomic E-state index is -5.12. The fourth-order valence-electron chi connectivity index (χ4n) is 5.28. The highest BCUT2D eigenvalue weighted by atomic mass is 19.4. The van der Waals surface area contributed by atoms with Gasteiger partial charge in [-0.1, -0.05) is 78.0 Å². The number of primary amides is 1. The smallest absolute Gasteiger partial charge is 0.416 e. The zero-order valence-electron chi connectivity index (χ0n) is 25.7. The second-order valence-corrected chi connectivity index (χ2v) is 10.8. The number of carboxylic acid groups (broad SMARTS) is 1. The second-order valence-electron chi connectivity index (χ2n) is 10.8. The second kappa shape index (κ2) is 15.0. The number of rotatable bonds is 8. The lowest BCUT2D eigenvalue weighted by Crippen LogP contribution is -2.42. The van der Waals surface area contributed by atoms with Crippen LogP contribution in [-0.2, 0) is 17.1 Å². The van der Waals surface area contributed by atoms with Gasteiger partial charge in [-0.2, -0.15) is 31.0 Å². The largest absolute Gasteiger partial charge is 0.481 e. The van der Waals surface area contributed by atoms with Crippen LogP contribution in [0.1, 0.15) is 51.4 Å². The molecule has 0 aliphatic heterocycles. The summed E-state index contributed by atoms with van der Waals surface area (Å²) in [7, 11) is 1.25. The summed E-state index contributed by atoms with van der Waals surface area (Å²) in [5.41, 5.74) is 3.72. The number of hydrogen-bond acceptors (Lipinski definition) is 5. The Kier molecular flexibility index (Phi) is 11.1. The summed E-state index contributed by atoms with van der Waals surface area (Å²) in [5, 5.41) is 16.7. The van der Waals surface area contributed by atoms with Crippen molar-refractivity contribution in [3.8, 4) is 0 Å². The highest BCUT2D eigenvalue weighted by Crippen LogP contribution is 2.38. The number of carboxylic acids is 1. The number of para-hydroxylation sites is 1. The number of alkyl halides is 6. The van der Waals surface area contributed by atoms with Crippen molar-refractivity contribution in [1.29, 1.82) is 0 Å². The summed E-state index contributed by atoms with van der Waals surface area (Å²) in [4.78, 5) is 36.6. The predicted octanol–water partition coefficient (Wildman–Crippen LogP) is 7.22. The minimum Gasteiger partial charge on any atom is -0.481 e. The Labute approximate surface area is 275 Å². The van der Waals surface area contributed by atoms with Crippen molar-refractivity contribution in [2.75, 3.05) is 7.05 Å². The molecule has 0 aliphatic carbocycles. The van der Waals surface area contributed by atoms with Gasteiger partial charge in [0.25, 0.3) is 5.91 Å². The first-order valence-corrected chi connectivity index (χ1v) is 14.6. The molecular formula is C34H29F6N5O4. The van der Waals surface area contributed by atoms with E-state index in [2.05, 4.69) is 10.3 Å². The number of nitrogens with zero attached hydrogens (tertiary/aromatic N) is 4. The van der Waals surface area contributed by atoms with Crippen molar-refractivity contribution in [3.05, 3.63) is 131 Å². The van der Waals surface area contributed by atoms with Crippen molar-refractivity contribution in [1.82, 2.24) is 19.9 Å². The average molecular weight is 686 g/mol. The molecule has 15 heteroatoms. The third-order valence-corrected chi connectivity index (χ3v) is 7.57. The van der Waals surface area contributed by atoms with Crippen LogP contribution in [0.15, 0.2) is 103 Å². The SMILES string of the molecule is CN(C(=O)c1cc(C(F)(F)F)cc(C(F)(F)F)c1)C(CCC(=O)O)C(c1ccccc1)c1ccccc1.NC(=O)n1nnc2ccccc21. The monoisotopic (exact) mass is 685 g/mol. The average Bonchev–Trinajstić information content (AvgIpc) is 3.51. The van der Waals surface area contributed by atoms with Crippen LogP contribution in [0.4, 0.5) is 31.1 Å². The molecule has 1 aromatic heterocycles. The van der Waals surface area contributed by atoms with Crippen molar-refractivity contribution in [3.63, 3.8) is 0 Å². The molecule has 0 fully saturated rings. The van der Waals surface area contributed by atoms with E-state index >= 15 is 0 Å². The molecule has 49 heavy (non-hydrogen) atoms. The Morgan fingerprint density at radius 3 is 1.76 bits per heavy atom. The van der Waals surface area contributed by atoms with Crippen LogP contribution in [0.3, 0.4) is 0 Å². The normalized spacial score (nSPS) is 12.2. The van der Waals surface area contributed by atoms with E-state index in [9.17, 15) is 45.8 Å². The molecule has 0 spiro atoms. The van der Waals surface area contributed by atoms with Gasteiger partial charge < -0.3 is 15.7 Å². The number of carbonyl (C=O) groups is 3. The molecule has 0 saturated carbocycles. The Balaban J connectivity index is 0.000000375. The van der Waals surface area contributed by atoms with Gasteiger partial charge in [0.15, 0.2) is 0 Å². The van der Waals surface area contributed by atoms with Crippen LogP contribution in [-0.4, -0.2) is 56.0 Å². The lowest BCUT2D eigenvalue weighted by molar-refractivity contribution is -0.143. The van der Waals surface area contributed by atoms with Crippen LogP contribution >= 0.6 is 0 Å². The van der Waals surface area contributed by atoms with E-state index in [1.54, 1.807) is 78.9 Å². The summed E-state index contributed by atoms with van der Waals surface area (Å²) in [6.07, 6.45) is -10.7. The molecule has 9 nitrogen and oxygen atoms in total. The number of nitrogens with two attached hydrogens (primary N) is 1. The van der Waals surface area contributed by atoms with Gasteiger partial charge in [0.1, 0.15) is 5.52 Å². The summed E-state index contributed by atoms with van der Waals surface area (Å²) >= 11 is 0. The van der Waals surface area contributed by atoms with Crippen molar-refractivity contribution in [2.45, 2.75) is 37.2 Å². The van der Waals surface area contributed by atoms with Crippen LogP contribution in [0.25, 0.3) is 11.0 Å². The van der Waals surface area contributed by atoms with Gasteiger partial charge in [0.2, 0.25) is 0 Å². The number of benzene rings is 4. The molecule has 1 unspecified atom stereocenters. The maximum Gasteiger partial charge on any atom is 0.416 e. The number of likely N-dealkylation sites (N-methyl/N-ethyl adjacent to an activating group) is 1. The van der Waals surface area contributed by atoms with E-state index in [0.29, 0.717) is 34.3 Å². The predicted molar refractivity (Wildman–Crippen MR) is 166 cm³/mol. The third-order valence-electron chi connectivity index (χ3n) is 7.57. The Hall–Kier alpha value is -5.73. The number of carbonyl (C=O) groups excluding carboxylic acids is 2. The first-order chi connectivity index (χ1) is 23.1. The summed E-state index contributed by atoms with van der Waals surface area (Å²) in [6.45, 7) is 0. The highest BCUT2D eigenvalue weighted by Gasteiger charge is 2.39. The lowest BCUT2D eigenvalue weighted by Gasteiger charge is -2.35. The molecule has 2 amide bonds. The first-order valence-electron chi connectivity index (χ1n) is 14.6. The molecular weight excluding hydrogens is 656 g/mol. The molecule has 5 aromatic rings. The fourth-order valence-corrected chi connectivity index (χ4v) is 5.28. The Bertz CT molecular complexity index is 1840. The van der Waals surface area contributed by atoms with Gasteiger partial charge in [-0.3, -0.25) is 9.59 Å². The van der Waals surface area contributed by atoms with Crippen molar-refractivity contribution < 1.29 is 45.8 Å². The molecule has 3 N–H and O–H groups in total. The summed E-state index contributed by atoms with van der Waals surface area (Å²) in [6, 6.07) is 23.8. The maximum atomic E-state index is 13.4. The quantitative estimate of drug-likeness (QED) is 0.166. The topological polar surface area (TPSA) is 131 Å². The van der Waals surface area contributed by atoms with Gasteiger partial charge in [-0.15, -0.1) is 5.10 Å². The highest BCUT2D eigenvalue weighted by molar-refractivity contribution is 5.95. The minimum absolute atomic E-state index is 0.0462. The van der Waals surface area contributed by atoms with Gasteiger partial charge in [-0.25, -0.2) is 4.79 Å². The molecule has 0 bridgehead atoms. The van der Waals surface area contributed by atoms with Gasteiger partial charge in [0, 0.05) is 31.0 Å². The molecule has 256 valence electrons. The fraction of sp³-hybridized carbons (Fsp3) is 0.206. The van der Waals surface area contributed by atoms with E-state index in [1.165, 1.54) is 7.05 Å². The molecule has 0 radical (unpaired) electrons. The number of hydrogen-bond donors (Lipinski definition) is 2. The van der Waals surface area contributed by atoms with E-state index in [-0.39, 0.29) is 18.9 Å². The number of aliphatic carboxylic acids is 1. The lowest BCUT2D eigenvalue weighted by atomic mass is 9.82. The number of fused-ring (bicyclic) bond motifs is 1. The van der Waals surface area contributed by atoms with Crippen molar-refractivity contribution >= 4 is 28.9 Å². The van der Waals surface area contributed by atoms with E-state index in [4.69, 9.17) is 5.73 Å². The van der Waals surface area contributed by atoms with Gasteiger partial charge in [0.05, 0.1) is 16.6 Å². The van der Waals surface area contributed by atoms with Crippen LogP contribution in [0.2, 0.25) is 0 Å². The van der Waals surface area contributed by atoms with E-state index < -0.39 is 58.9 Å². The zero-order valence-corrected chi connectivity index (χ0v) is 25.7. The maximum absolute atomic E-state index is 13.4. The number of aromatic nitrogens is 3. The van der Waals surface area contributed by atoms with Crippen LogP contribution in [0, 0.1) is 0 Å².